The minimum absolute atomic E-state index is 0.120. The number of nitrogens with zero attached hydrogens (tertiary/aromatic N) is 3. The van der Waals surface area contributed by atoms with Gasteiger partial charge in [-0.05, 0) is 50.8 Å². The first kappa shape index (κ1) is 18.8. The van der Waals surface area contributed by atoms with Crippen LogP contribution in [0.25, 0.3) is 11.3 Å². The highest BCUT2D eigenvalue weighted by Crippen LogP contribution is 2.34. The average molecular weight is 387 g/mol. The van der Waals surface area contributed by atoms with Gasteiger partial charge in [-0.15, -0.1) is 10.2 Å². The summed E-state index contributed by atoms with van der Waals surface area (Å²) < 4.78 is 38.0. The molecule has 1 aliphatic rings. The highest BCUT2D eigenvalue weighted by molar-refractivity contribution is 6.29. The standard InChI is InChI=1S/C17H18ClF3N4O/c1-16(26)6-4-10(5-7-16)23-13-8-15(18)22-9-11(13)12-2-3-14(25-24-12)17(19,20)21/h2-3,8-10,26H,4-7H2,1H3,(H,22,23). The SMILES string of the molecule is CC1(O)CCC(Nc2cc(Cl)ncc2-c2ccc(C(F)(F)F)nn2)CC1. The molecule has 1 saturated carbocycles. The van der Waals surface area contributed by atoms with E-state index in [1.54, 1.807) is 6.07 Å². The van der Waals surface area contributed by atoms with E-state index in [2.05, 4.69) is 20.5 Å². The van der Waals surface area contributed by atoms with E-state index in [9.17, 15) is 18.3 Å². The molecule has 0 amide bonds. The fraction of sp³-hybridized carbons (Fsp3) is 0.471. The number of hydrogen-bond donors (Lipinski definition) is 2. The summed E-state index contributed by atoms with van der Waals surface area (Å²) in [6.07, 6.45) is -0.210. The number of aromatic nitrogens is 3. The largest absolute Gasteiger partial charge is 0.435 e. The van der Waals surface area contributed by atoms with E-state index in [1.807, 2.05) is 6.92 Å². The molecule has 0 unspecified atom stereocenters. The van der Waals surface area contributed by atoms with Gasteiger partial charge in [0.15, 0.2) is 5.69 Å². The van der Waals surface area contributed by atoms with Crippen LogP contribution in [-0.4, -0.2) is 31.9 Å². The first-order chi connectivity index (χ1) is 12.1. The molecular weight excluding hydrogens is 369 g/mol. The molecule has 2 aromatic heterocycles. The molecule has 5 nitrogen and oxygen atoms in total. The molecule has 0 spiro atoms. The number of alkyl halides is 3. The Labute approximate surface area is 153 Å². The predicted molar refractivity (Wildman–Crippen MR) is 91.8 cm³/mol. The third-order valence-electron chi connectivity index (χ3n) is 4.52. The summed E-state index contributed by atoms with van der Waals surface area (Å²) in [6.45, 7) is 1.82. The smallest absolute Gasteiger partial charge is 0.390 e. The number of halogens is 4. The maximum atomic E-state index is 12.7. The van der Waals surface area contributed by atoms with Gasteiger partial charge in [0, 0.05) is 23.5 Å². The number of aliphatic hydroxyl groups is 1. The Morgan fingerprint density at radius 1 is 1.23 bits per heavy atom. The predicted octanol–water partition coefficient (Wildman–Crippen LogP) is 4.32. The van der Waals surface area contributed by atoms with Crippen molar-refractivity contribution in [3.63, 3.8) is 0 Å². The molecule has 2 heterocycles. The van der Waals surface area contributed by atoms with Gasteiger partial charge in [0.1, 0.15) is 5.15 Å². The summed E-state index contributed by atoms with van der Waals surface area (Å²) in [7, 11) is 0. The second-order valence-corrected chi connectivity index (χ2v) is 7.16. The van der Waals surface area contributed by atoms with Crippen LogP contribution in [0.3, 0.4) is 0 Å². The molecule has 0 radical (unpaired) electrons. The summed E-state index contributed by atoms with van der Waals surface area (Å²) in [5.74, 6) is 0. The van der Waals surface area contributed by atoms with E-state index < -0.39 is 17.5 Å². The molecule has 140 valence electrons. The van der Waals surface area contributed by atoms with Crippen molar-refractivity contribution in [3.8, 4) is 11.3 Å². The van der Waals surface area contributed by atoms with Gasteiger partial charge in [0.25, 0.3) is 0 Å². The van der Waals surface area contributed by atoms with Crippen LogP contribution < -0.4 is 5.32 Å². The molecule has 3 rings (SSSR count). The normalized spacial score (nSPS) is 23.7. The molecule has 0 atom stereocenters. The van der Waals surface area contributed by atoms with E-state index in [4.69, 9.17) is 11.6 Å². The Bertz CT molecular complexity index is 771. The summed E-state index contributed by atoms with van der Waals surface area (Å²) in [5.41, 5.74) is -0.284. The molecule has 26 heavy (non-hydrogen) atoms. The van der Waals surface area contributed by atoms with Crippen molar-refractivity contribution in [1.82, 2.24) is 15.2 Å². The maximum Gasteiger partial charge on any atom is 0.435 e. The van der Waals surface area contributed by atoms with Crippen LogP contribution in [0.2, 0.25) is 5.15 Å². The minimum Gasteiger partial charge on any atom is -0.390 e. The van der Waals surface area contributed by atoms with Gasteiger partial charge in [0.2, 0.25) is 0 Å². The van der Waals surface area contributed by atoms with Gasteiger partial charge in [-0.3, -0.25) is 0 Å². The minimum atomic E-state index is -4.54. The number of pyridine rings is 1. The third kappa shape index (κ3) is 4.42. The molecule has 0 aromatic carbocycles. The van der Waals surface area contributed by atoms with Crippen molar-refractivity contribution in [3.05, 3.63) is 35.2 Å². The Balaban J connectivity index is 1.84. The monoisotopic (exact) mass is 386 g/mol. The lowest BCUT2D eigenvalue weighted by molar-refractivity contribution is -0.141. The number of rotatable bonds is 3. The van der Waals surface area contributed by atoms with Gasteiger partial charge >= 0.3 is 6.18 Å². The first-order valence-electron chi connectivity index (χ1n) is 8.20. The highest BCUT2D eigenvalue weighted by Gasteiger charge is 2.33. The van der Waals surface area contributed by atoms with Crippen LogP contribution in [0.15, 0.2) is 24.4 Å². The lowest BCUT2D eigenvalue weighted by atomic mass is 9.83. The lowest BCUT2D eigenvalue weighted by Gasteiger charge is -2.34. The van der Waals surface area contributed by atoms with Gasteiger partial charge < -0.3 is 10.4 Å². The van der Waals surface area contributed by atoms with Crippen molar-refractivity contribution in [1.29, 1.82) is 0 Å². The second kappa shape index (κ2) is 7.00. The van der Waals surface area contributed by atoms with Gasteiger partial charge in [0.05, 0.1) is 11.3 Å². The van der Waals surface area contributed by atoms with Crippen molar-refractivity contribution >= 4 is 17.3 Å². The van der Waals surface area contributed by atoms with E-state index in [1.165, 1.54) is 12.3 Å². The van der Waals surface area contributed by atoms with Crippen LogP contribution in [0, 0.1) is 0 Å². The number of hydrogen-bond acceptors (Lipinski definition) is 5. The molecule has 2 aromatic rings. The van der Waals surface area contributed by atoms with Crippen LogP contribution in [0.4, 0.5) is 18.9 Å². The average Bonchev–Trinajstić information content (AvgIpc) is 2.56. The highest BCUT2D eigenvalue weighted by atomic mass is 35.5. The lowest BCUT2D eigenvalue weighted by Crippen LogP contribution is -2.35. The van der Waals surface area contributed by atoms with E-state index in [0.717, 1.165) is 18.9 Å². The van der Waals surface area contributed by atoms with Crippen molar-refractivity contribution < 1.29 is 18.3 Å². The molecule has 0 bridgehead atoms. The van der Waals surface area contributed by atoms with E-state index >= 15 is 0 Å². The third-order valence-corrected chi connectivity index (χ3v) is 4.73. The van der Waals surface area contributed by atoms with Crippen molar-refractivity contribution in [2.45, 2.75) is 50.4 Å². The van der Waals surface area contributed by atoms with Crippen LogP contribution in [0.1, 0.15) is 38.3 Å². The zero-order valence-corrected chi connectivity index (χ0v) is 14.8. The topological polar surface area (TPSA) is 70.9 Å². The summed E-state index contributed by atoms with van der Waals surface area (Å²) in [4.78, 5) is 4.00. The molecular formula is C17H18ClF3N4O. The number of anilines is 1. The van der Waals surface area contributed by atoms with E-state index in [0.29, 0.717) is 24.1 Å². The zero-order valence-electron chi connectivity index (χ0n) is 14.0. The number of nitrogens with one attached hydrogen (secondary N) is 1. The summed E-state index contributed by atoms with van der Waals surface area (Å²) in [6, 6.07) is 3.88. The Morgan fingerprint density at radius 3 is 2.50 bits per heavy atom. The molecule has 1 fully saturated rings. The summed E-state index contributed by atoms with van der Waals surface area (Å²) in [5, 5.41) is 20.6. The maximum absolute atomic E-state index is 12.7. The Hall–Kier alpha value is -1.93. The van der Waals surface area contributed by atoms with Gasteiger partial charge in [-0.25, -0.2) is 4.98 Å². The van der Waals surface area contributed by atoms with Crippen molar-refractivity contribution in [2.75, 3.05) is 5.32 Å². The Kier molecular flexibility index (Phi) is 5.07. The van der Waals surface area contributed by atoms with Gasteiger partial charge in [-0.1, -0.05) is 11.6 Å². The fourth-order valence-corrected chi connectivity index (χ4v) is 3.14. The molecule has 9 heteroatoms. The molecule has 1 aliphatic carbocycles. The van der Waals surface area contributed by atoms with Gasteiger partial charge in [-0.2, -0.15) is 13.2 Å². The molecule has 0 aliphatic heterocycles. The fourth-order valence-electron chi connectivity index (χ4n) is 2.98. The molecule has 2 N–H and O–H groups in total. The van der Waals surface area contributed by atoms with Crippen molar-refractivity contribution in [2.24, 2.45) is 0 Å². The Morgan fingerprint density at radius 2 is 1.92 bits per heavy atom. The van der Waals surface area contributed by atoms with E-state index in [-0.39, 0.29) is 16.9 Å². The van der Waals surface area contributed by atoms with Crippen LogP contribution in [-0.2, 0) is 6.18 Å². The quantitative estimate of drug-likeness (QED) is 0.769. The molecule has 0 saturated heterocycles. The zero-order chi connectivity index (χ0) is 18.9. The van der Waals surface area contributed by atoms with Crippen LogP contribution in [0.5, 0.6) is 0 Å². The van der Waals surface area contributed by atoms with Crippen LogP contribution >= 0.6 is 11.6 Å². The summed E-state index contributed by atoms with van der Waals surface area (Å²) >= 11 is 5.98. The first-order valence-corrected chi connectivity index (χ1v) is 8.58. The second-order valence-electron chi connectivity index (χ2n) is 6.77.